The van der Waals surface area contributed by atoms with Gasteiger partial charge in [-0.05, 0) is 17.7 Å². The summed E-state index contributed by atoms with van der Waals surface area (Å²) in [6, 6.07) is 13.4. The number of nitrogens with two attached hydrogens (primary N) is 1. The van der Waals surface area contributed by atoms with E-state index >= 15 is 0 Å². The number of hydrogen-bond acceptors (Lipinski definition) is 5. The number of amidine groups is 1. The topological polar surface area (TPSA) is 88.8 Å². The normalized spacial score (nSPS) is 11.9. The van der Waals surface area contributed by atoms with Gasteiger partial charge in [0, 0.05) is 17.5 Å². The molecule has 3 rings (SSSR count). The van der Waals surface area contributed by atoms with Gasteiger partial charge in [-0.3, -0.25) is 4.40 Å². The number of pyridine rings is 1. The molecular weight excluding hydrogens is 286 g/mol. The fourth-order valence-electron chi connectivity index (χ4n) is 1.90. The summed E-state index contributed by atoms with van der Waals surface area (Å²) in [5.74, 6) is 0.879. The Morgan fingerprint density at radius 1 is 1.19 bits per heavy atom. The fraction of sp³-hybridized carbons (Fsp3) is 0.0714. The lowest BCUT2D eigenvalue weighted by Crippen LogP contribution is -2.12. The molecule has 0 amide bonds. The van der Waals surface area contributed by atoms with Crippen molar-refractivity contribution in [2.24, 2.45) is 10.9 Å². The van der Waals surface area contributed by atoms with Gasteiger partial charge in [-0.15, -0.1) is 10.2 Å². The predicted molar refractivity (Wildman–Crippen MR) is 81.5 cm³/mol. The minimum atomic E-state index is 0.109. The third kappa shape index (κ3) is 2.82. The van der Waals surface area contributed by atoms with Crippen molar-refractivity contribution in [2.45, 2.75) is 10.9 Å². The van der Waals surface area contributed by atoms with Crippen molar-refractivity contribution in [1.82, 2.24) is 14.6 Å². The Morgan fingerprint density at radius 3 is 2.76 bits per heavy atom. The van der Waals surface area contributed by atoms with E-state index in [1.807, 2.05) is 53.1 Å². The summed E-state index contributed by atoms with van der Waals surface area (Å²) in [6.07, 6.45) is 1.94. The highest BCUT2D eigenvalue weighted by atomic mass is 32.2. The molecule has 0 saturated heterocycles. The van der Waals surface area contributed by atoms with Gasteiger partial charge >= 0.3 is 0 Å². The summed E-state index contributed by atoms with van der Waals surface area (Å²) in [7, 11) is 0. The zero-order chi connectivity index (χ0) is 14.7. The van der Waals surface area contributed by atoms with Crippen LogP contribution in [0.15, 0.2) is 59.0 Å². The molecule has 21 heavy (non-hydrogen) atoms. The summed E-state index contributed by atoms with van der Waals surface area (Å²) in [4.78, 5) is 0. The van der Waals surface area contributed by atoms with E-state index in [2.05, 4.69) is 15.4 Å². The Kier molecular flexibility index (Phi) is 3.74. The Labute approximate surface area is 125 Å². The molecule has 0 radical (unpaired) electrons. The van der Waals surface area contributed by atoms with E-state index in [-0.39, 0.29) is 5.84 Å². The average molecular weight is 299 g/mol. The first-order chi connectivity index (χ1) is 10.3. The van der Waals surface area contributed by atoms with E-state index in [0.29, 0.717) is 5.56 Å². The molecule has 3 N–H and O–H groups in total. The third-order valence-corrected chi connectivity index (χ3v) is 4.02. The Hall–Kier alpha value is -2.54. The predicted octanol–water partition coefficient (Wildman–Crippen LogP) is 2.12. The van der Waals surface area contributed by atoms with Crippen molar-refractivity contribution < 1.29 is 5.21 Å². The van der Waals surface area contributed by atoms with E-state index in [9.17, 15) is 0 Å². The highest BCUT2D eigenvalue weighted by Gasteiger charge is 2.06. The van der Waals surface area contributed by atoms with Crippen LogP contribution in [0.25, 0.3) is 5.65 Å². The monoisotopic (exact) mass is 299 g/mol. The van der Waals surface area contributed by atoms with E-state index in [0.717, 1.165) is 22.1 Å². The smallest absolute Gasteiger partial charge is 0.195 e. The number of thioether (sulfide) groups is 1. The van der Waals surface area contributed by atoms with Gasteiger partial charge in [0.25, 0.3) is 0 Å². The van der Waals surface area contributed by atoms with Crippen LogP contribution < -0.4 is 5.73 Å². The molecule has 3 aromatic rings. The van der Waals surface area contributed by atoms with Crippen molar-refractivity contribution in [1.29, 1.82) is 0 Å². The van der Waals surface area contributed by atoms with Crippen LogP contribution in [0.3, 0.4) is 0 Å². The van der Waals surface area contributed by atoms with Crippen LogP contribution >= 0.6 is 11.8 Å². The van der Waals surface area contributed by atoms with Crippen LogP contribution in [0.1, 0.15) is 11.1 Å². The van der Waals surface area contributed by atoms with Gasteiger partial charge in [0.15, 0.2) is 16.6 Å². The molecule has 0 aliphatic carbocycles. The molecular formula is C14H13N5OS. The average Bonchev–Trinajstić information content (AvgIpc) is 2.96. The number of aromatic nitrogens is 3. The SMILES string of the molecule is NC(=NO)c1ccc(CSc2nnc3ccccn23)cc1. The zero-order valence-corrected chi connectivity index (χ0v) is 11.9. The molecule has 2 aromatic heterocycles. The second kappa shape index (κ2) is 5.84. The molecule has 6 nitrogen and oxygen atoms in total. The fourth-order valence-corrected chi connectivity index (χ4v) is 2.78. The number of nitrogens with zero attached hydrogens (tertiary/aromatic N) is 4. The highest BCUT2D eigenvalue weighted by molar-refractivity contribution is 7.98. The van der Waals surface area contributed by atoms with Crippen molar-refractivity contribution in [3.8, 4) is 0 Å². The Balaban J connectivity index is 1.73. The van der Waals surface area contributed by atoms with Gasteiger partial charge in [-0.1, -0.05) is 47.2 Å². The largest absolute Gasteiger partial charge is 0.409 e. The molecule has 0 spiro atoms. The number of hydrogen-bond donors (Lipinski definition) is 2. The number of oxime groups is 1. The second-order valence-electron chi connectivity index (χ2n) is 4.38. The number of fused-ring (bicyclic) bond motifs is 1. The summed E-state index contributed by atoms with van der Waals surface area (Å²) < 4.78 is 1.95. The van der Waals surface area contributed by atoms with Crippen molar-refractivity contribution in [3.63, 3.8) is 0 Å². The molecule has 0 fully saturated rings. The molecule has 1 aromatic carbocycles. The molecule has 7 heteroatoms. The van der Waals surface area contributed by atoms with E-state index in [4.69, 9.17) is 10.9 Å². The summed E-state index contributed by atoms with van der Waals surface area (Å²) in [5, 5.41) is 20.7. The molecule has 0 aliphatic rings. The molecule has 0 bridgehead atoms. The summed E-state index contributed by atoms with van der Waals surface area (Å²) in [6.45, 7) is 0. The molecule has 106 valence electrons. The van der Waals surface area contributed by atoms with Crippen LogP contribution in [0.5, 0.6) is 0 Å². The third-order valence-electron chi connectivity index (χ3n) is 3.01. The molecule has 0 saturated carbocycles. The molecule has 0 atom stereocenters. The van der Waals surface area contributed by atoms with Crippen LogP contribution in [0, 0.1) is 0 Å². The van der Waals surface area contributed by atoms with Crippen LogP contribution in [0.4, 0.5) is 0 Å². The first kappa shape index (κ1) is 13.4. The standard InChI is InChI=1S/C14H13N5OS/c15-13(18-20)11-6-4-10(5-7-11)9-21-14-17-16-12-3-1-2-8-19(12)14/h1-8,20H,9H2,(H2,15,18). The van der Waals surface area contributed by atoms with Gasteiger partial charge in [-0.2, -0.15) is 0 Å². The van der Waals surface area contributed by atoms with Crippen molar-refractivity contribution in [2.75, 3.05) is 0 Å². The number of rotatable bonds is 4. The summed E-state index contributed by atoms with van der Waals surface area (Å²) in [5.41, 5.74) is 8.19. The maximum absolute atomic E-state index is 8.63. The van der Waals surface area contributed by atoms with Gasteiger partial charge in [0.05, 0.1) is 0 Å². The maximum Gasteiger partial charge on any atom is 0.195 e. The minimum Gasteiger partial charge on any atom is -0.409 e. The van der Waals surface area contributed by atoms with Crippen molar-refractivity contribution in [3.05, 3.63) is 59.8 Å². The van der Waals surface area contributed by atoms with Crippen LogP contribution in [-0.2, 0) is 5.75 Å². The Bertz CT molecular complexity index is 781. The lowest BCUT2D eigenvalue weighted by Gasteiger charge is -2.03. The maximum atomic E-state index is 8.63. The summed E-state index contributed by atoms with van der Waals surface area (Å²) >= 11 is 1.61. The molecule has 0 aliphatic heterocycles. The van der Waals surface area contributed by atoms with Crippen LogP contribution in [0.2, 0.25) is 0 Å². The van der Waals surface area contributed by atoms with E-state index < -0.39 is 0 Å². The molecule has 2 heterocycles. The lowest BCUT2D eigenvalue weighted by atomic mass is 10.1. The molecule has 0 unspecified atom stereocenters. The van der Waals surface area contributed by atoms with Gasteiger partial charge in [0.1, 0.15) is 0 Å². The van der Waals surface area contributed by atoms with E-state index in [1.54, 1.807) is 11.8 Å². The van der Waals surface area contributed by atoms with Gasteiger partial charge < -0.3 is 10.9 Å². The van der Waals surface area contributed by atoms with Gasteiger partial charge in [-0.25, -0.2) is 0 Å². The highest BCUT2D eigenvalue weighted by Crippen LogP contribution is 2.21. The van der Waals surface area contributed by atoms with Gasteiger partial charge in [0.2, 0.25) is 0 Å². The first-order valence-electron chi connectivity index (χ1n) is 6.27. The van der Waals surface area contributed by atoms with Crippen LogP contribution in [-0.4, -0.2) is 25.6 Å². The quantitative estimate of drug-likeness (QED) is 0.253. The first-order valence-corrected chi connectivity index (χ1v) is 7.26. The Morgan fingerprint density at radius 2 is 2.00 bits per heavy atom. The second-order valence-corrected chi connectivity index (χ2v) is 5.32. The van der Waals surface area contributed by atoms with E-state index in [1.165, 1.54) is 0 Å². The minimum absolute atomic E-state index is 0.109. The van der Waals surface area contributed by atoms with Crippen molar-refractivity contribution >= 4 is 23.2 Å². The number of benzene rings is 1. The lowest BCUT2D eigenvalue weighted by molar-refractivity contribution is 0.318. The zero-order valence-electron chi connectivity index (χ0n) is 11.0.